The van der Waals surface area contributed by atoms with Crippen molar-refractivity contribution in [3.8, 4) is 5.75 Å². The molecule has 1 aromatic rings. The summed E-state index contributed by atoms with van der Waals surface area (Å²) < 4.78 is 5.94. The van der Waals surface area contributed by atoms with Crippen LogP contribution >= 0.6 is 0 Å². The Bertz CT molecular complexity index is 596. The van der Waals surface area contributed by atoms with Gasteiger partial charge in [0.25, 0.3) is 0 Å². The predicted octanol–water partition coefficient (Wildman–Crippen LogP) is 4.02. The zero-order chi connectivity index (χ0) is 19.5. The summed E-state index contributed by atoms with van der Waals surface area (Å²) in [6.07, 6.45) is 9.16. The van der Waals surface area contributed by atoms with Crippen LogP contribution in [0.4, 0.5) is 5.82 Å². The number of ether oxygens (including phenoxy) is 1. The minimum Gasteiger partial charge on any atom is -0.489 e. The van der Waals surface area contributed by atoms with Gasteiger partial charge < -0.3 is 15.0 Å². The highest BCUT2D eigenvalue weighted by molar-refractivity contribution is 5.91. The van der Waals surface area contributed by atoms with Crippen molar-refractivity contribution in [2.75, 3.05) is 25.0 Å². The number of carbonyl (C=O) groups is 2. The van der Waals surface area contributed by atoms with Crippen molar-refractivity contribution in [2.45, 2.75) is 65.2 Å². The van der Waals surface area contributed by atoms with Gasteiger partial charge in [-0.05, 0) is 51.2 Å². The van der Waals surface area contributed by atoms with Gasteiger partial charge in [-0.25, -0.2) is 4.98 Å². The Balaban J connectivity index is 1.78. The third-order valence-electron chi connectivity index (χ3n) is 5.14. The molecule has 0 bridgehead atoms. The Morgan fingerprint density at radius 1 is 1.19 bits per heavy atom. The zero-order valence-corrected chi connectivity index (χ0v) is 16.7. The second-order valence-electron chi connectivity index (χ2n) is 7.13. The number of hydrogen-bond donors (Lipinski definition) is 1. The molecule has 1 aliphatic carbocycles. The summed E-state index contributed by atoms with van der Waals surface area (Å²) in [7, 11) is 0. The molecule has 1 saturated carbocycles. The van der Waals surface area contributed by atoms with E-state index in [1.165, 1.54) is 32.1 Å². The molecule has 0 radical (unpaired) electrons. The number of amides is 2. The maximum absolute atomic E-state index is 12.2. The van der Waals surface area contributed by atoms with E-state index in [1.807, 2.05) is 26.0 Å². The number of rotatable bonds is 10. The van der Waals surface area contributed by atoms with Gasteiger partial charge in [0.2, 0.25) is 11.8 Å². The Kier molecular flexibility index (Phi) is 9.08. The van der Waals surface area contributed by atoms with Gasteiger partial charge in [-0.2, -0.15) is 0 Å². The fraction of sp³-hybridized carbons (Fsp3) is 0.667. The Hall–Kier alpha value is -2.11. The Morgan fingerprint density at radius 3 is 2.63 bits per heavy atom. The highest BCUT2D eigenvalue weighted by atomic mass is 16.5. The SMILES string of the molecule is CCN(CC)C(=O)CCCC(=O)Nc1ncccc1OCC1CCCCC1. The normalized spacial score (nSPS) is 14.6. The van der Waals surface area contributed by atoms with Gasteiger partial charge >= 0.3 is 0 Å². The van der Waals surface area contributed by atoms with Crippen LogP contribution in [0.1, 0.15) is 65.2 Å². The number of aromatic nitrogens is 1. The molecule has 0 unspecified atom stereocenters. The van der Waals surface area contributed by atoms with E-state index in [0.717, 1.165) is 0 Å². The van der Waals surface area contributed by atoms with Crippen molar-refractivity contribution < 1.29 is 14.3 Å². The molecular formula is C21H33N3O3. The molecule has 6 nitrogen and oxygen atoms in total. The minimum atomic E-state index is -0.136. The van der Waals surface area contributed by atoms with Gasteiger partial charge in [0.05, 0.1) is 6.61 Å². The quantitative estimate of drug-likeness (QED) is 0.670. The van der Waals surface area contributed by atoms with Crippen LogP contribution in [0.5, 0.6) is 5.75 Å². The summed E-state index contributed by atoms with van der Waals surface area (Å²) in [6, 6.07) is 3.66. The second kappa shape index (κ2) is 11.6. The fourth-order valence-corrected chi connectivity index (χ4v) is 3.49. The number of nitrogens with one attached hydrogen (secondary N) is 1. The number of nitrogens with zero attached hydrogens (tertiary/aromatic N) is 2. The first-order valence-corrected chi connectivity index (χ1v) is 10.3. The maximum atomic E-state index is 12.2. The highest BCUT2D eigenvalue weighted by Gasteiger charge is 2.16. The van der Waals surface area contributed by atoms with Gasteiger partial charge in [-0.15, -0.1) is 0 Å². The lowest BCUT2D eigenvalue weighted by atomic mass is 9.90. The number of carbonyl (C=O) groups excluding carboxylic acids is 2. The van der Waals surface area contributed by atoms with E-state index in [4.69, 9.17) is 4.74 Å². The van der Waals surface area contributed by atoms with Crippen molar-refractivity contribution in [2.24, 2.45) is 5.92 Å². The largest absolute Gasteiger partial charge is 0.489 e. The summed E-state index contributed by atoms with van der Waals surface area (Å²) in [5.74, 6) is 1.64. The van der Waals surface area contributed by atoms with Crippen molar-refractivity contribution in [3.05, 3.63) is 18.3 Å². The first-order chi connectivity index (χ1) is 13.1. The molecule has 1 fully saturated rings. The third-order valence-corrected chi connectivity index (χ3v) is 5.14. The topological polar surface area (TPSA) is 71.5 Å². The smallest absolute Gasteiger partial charge is 0.225 e. The van der Waals surface area contributed by atoms with E-state index in [0.29, 0.717) is 56.4 Å². The van der Waals surface area contributed by atoms with Crippen LogP contribution in [-0.4, -0.2) is 41.4 Å². The molecule has 0 aromatic carbocycles. The summed E-state index contributed by atoms with van der Waals surface area (Å²) in [5.41, 5.74) is 0. The lowest BCUT2D eigenvalue weighted by Gasteiger charge is -2.22. The second-order valence-corrected chi connectivity index (χ2v) is 7.13. The van der Waals surface area contributed by atoms with Crippen LogP contribution < -0.4 is 10.1 Å². The van der Waals surface area contributed by atoms with Crippen LogP contribution in [0.15, 0.2) is 18.3 Å². The van der Waals surface area contributed by atoms with Gasteiger partial charge in [0.1, 0.15) is 0 Å². The van der Waals surface area contributed by atoms with Crippen LogP contribution in [0.25, 0.3) is 0 Å². The molecule has 1 aromatic heterocycles. The van der Waals surface area contributed by atoms with Crippen LogP contribution in [0.2, 0.25) is 0 Å². The average Bonchev–Trinajstić information content (AvgIpc) is 2.69. The van der Waals surface area contributed by atoms with Gasteiger partial charge in [0.15, 0.2) is 11.6 Å². The first kappa shape index (κ1) is 21.2. The standard InChI is InChI=1S/C21H33N3O3/c1-3-24(4-2)20(26)14-8-13-19(25)23-21-18(12-9-15-22-21)27-16-17-10-6-5-7-11-17/h9,12,15,17H,3-8,10-11,13-14,16H2,1-2H3,(H,22,23,25). The zero-order valence-electron chi connectivity index (χ0n) is 16.7. The monoisotopic (exact) mass is 375 g/mol. The summed E-state index contributed by atoms with van der Waals surface area (Å²) in [6.45, 7) is 6.01. The lowest BCUT2D eigenvalue weighted by Crippen LogP contribution is -2.30. The molecule has 1 heterocycles. The summed E-state index contributed by atoms with van der Waals surface area (Å²) in [5, 5.41) is 2.83. The van der Waals surface area contributed by atoms with Gasteiger partial charge in [0, 0.05) is 32.1 Å². The van der Waals surface area contributed by atoms with Crippen molar-refractivity contribution >= 4 is 17.6 Å². The molecule has 150 valence electrons. The van der Waals surface area contributed by atoms with Crippen LogP contribution in [-0.2, 0) is 9.59 Å². The molecule has 2 amide bonds. The maximum Gasteiger partial charge on any atom is 0.225 e. The van der Waals surface area contributed by atoms with Gasteiger partial charge in [-0.1, -0.05) is 19.3 Å². The third kappa shape index (κ3) is 7.19. The molecule has 0 spiro atoms. The number of hydrogen-bond acceptors (Lipinski definition) is 4. The molecule has 2 rings (SSSR count). The van der Waals surface area contributed by atoms with E-state index in [1.54, 1.807) is 11.1 Å². The van der Waals surface area contributed by atoms with Crippen molar-refractivity contribution in [1.82, 2.24) is 9.88 Å². The average molecular weight is 376 g/mol. The van der Waals surface area contributed by atoms with Crippen LogP contribution in [0, 0.1) is 5.92 Å². The van der Waals surface area contributed by atoms with E-state index in [9.17, 15) is 9.59 Å². The lowest BCUT2D eigenvalue weighted by molar-refractivity contribution is -0.130. The first-order valence-electron chi connectivity index (χ1n) is 10.3. The van der Waals surface area contributed by atoms with E-state index in [2.05, 4.69) is 10.3 Å². The molecule has 6 heteroatoms. The molecule has 0 atom stereocenters. The molecule has 1 aliphatic rings. The Labute approximate surface area is 162 Å². The van der Waals surface area contributed by atoms with E-state index < -0.39 is 0 Å². The van der Waals surface area contributed by atoms with Crippen LogP contribution in [0.3, 0.4) is 0 Å². The number of anilines is 1. The van der Waals surface area contributed by atoms with E-state index in [-0.39, 0.29) is 11.8 Å². The van der Waals surface area contributed by atoms with Crippen molar-refractivity contribution in [1.29, 1.82) is 0 Å². The molecular weight excluding hydrogens is 342 g/mol. The van der Waals surface area contributed by atoms with E-state index >= 15 is 0 Å². The summed E-state index contributed by atoms with van der Waals surface area (Å²) in [4.78, 5) is 30.3. The molecule has 1 N–H and O–H groups in total. The highest BCUT2D eigenvalue weighted by Crippen LogP contribution is 2.27. The molecule has 0 aliphatic heterocycles. The fourth-order valence-electron chi connectivity index (χ4n) is 3.49. The van der Waals surface area contributed by atoms with Crippen molar-refractivity contribution in [3.63, 3.8) is 0 Å². The van der Waals surface area contributed by atoms with Gasteiger partial charge in [-0.3, -0.25) is 9.59 Å². The molecule has 27 heavy (non-hydrogen) atoms. The predicted molar refractivity (Wildman–Crippen MR) is 107 cm³/mol. The molecule has 0 saturated heterocycles. The Morgan fingerprint density at radius 2 is 1.93 bits per heavy atom. The summed E-state index contributed by atoms with van der Waals surface area (Å²) >= 11 is 0. The minimum absolute atomic E-state index is 0.0992. The number of pyridine rings is 1.